The van der Waals surface area contributed by atoms with E-state index in [0.29, 0.717) is 12.1 Å². The van der Waals surface area contributed by atoms with E-state index in [1.54, 1.807) is 11.3 Å². The summed E-state index contributed by atoms with van der Waals surface area (Å²) >= 11 is 1.60. The Morgan fingerprint density at radius 1 is 1.36 bits per heavy atom. The Hall–Kier alpha value is -1.99. The highest BCUT2D eigenvalue weighted by molar-refractivity contribution is 7.09. The number of fused-ring (bicyclic) bond motifs is 2. The van der Waals surface area contributed by atoms with Crippen LogP contribution in [0, 0.1) is 18.8 Å². The van der Waals surface area contributed by atoms with Crippen molar-refractivity contribution in [1.29, 1.82) is 0 Å². The first-order chi connectivity index (χ1) is 10.7. The fourth-order valence-corrected chi connectivity index (χ4v) is 3.89. The molecule has 0 aromatic carbocycles. The monoisotopic (exact) mass is 311 g/mol. The molecule has 114 valence electrons. The molecule has 2 saturated heterocycles. The Labute approximate surface area is 136 Å². The molecule has 2 bridgehead atoms. The van der Waals surface area contributed by atoms with Gasteiger partial charge in [-0.15, -0.1) is 11.3 Å². The Balaban J connectivity index is 1.65. The van der Waals surface area contributed by atoms with E-state index in [9.17, 15) is 0 Å². The molecule has 2 aliphatic heterocycles. The number of hydrogen-bond acceptors (Lipinski definition) is 4. The van der Waals surface area contributed by atoms with E-state index in [0.717, 1.165) is 22.0 Å². The molecule has 0 saturated carbocycles. The van der Waals surface area contributed by atoms with Gasteiger partial charge in [0.1, 0.15) is 5.69 Å². The molecule has 2 N–H and O–H groups in total. The van der Waals surface area contributed by atoms with Crippen LogP contribution in [0.15, 0.2) is 41.6 Å². The van der Waals surface area contributed by atoms with Crippen LogP contribution in [0.2, 0.25) is 0 Å². The zero-order valence-electron chi connectivity index (χ0n) is 12.9. The molecule has 3 nitrogen and oxygen atoms in total. The van der Waals surface area contributed by atoms with Crippen LogP contribution in [0.4, 0.5) is 0 Å². The Morgan fingerprint density at radius 3 is 2.59 bits per heavy atom. The molecule has 0 aliphatic carbocycles. The SMILES string of the molecule is C=C(/C=C\C(C#Cc1csc(C)n1)=C/N)N1C2CCC1CC2. The van der Waals surface area contributed by atoms with E-state index in [1.165, 1.54) is 31.9 Å². The molecule has 0 amide bonds. The van der Waals surface area contributed by atoms with E-state index in [-0.39, 0.29) is 0 Å². The zero-order chi connectivity index (χ0) is 15.5. The van der Waals surface area contributed by atoms with Gasteiger partial charge in [0.15, 0.2) is 0 Å². The lowest BCUT2D eigenvalue weighted by Gasteiger charge is -2.24. The second-order valence-corrected chi connectivity index (χ2v) is 6.88. The van der Waals surface area contributed by atoms with Crippen molar-refractivity contribution in [3.63, 3.8) is 0 Å². The van der Waals surface area contributed by atoms with Gasteiger partial charge in [-0.2, -0.15) is 0 Å². The molecule has 2 fully saturated rings. The van der Waals surface area contributed by atoms with E-state index in [1.807, 2.05) is 24.5 Å². The molecule has 0 radical (unpaired) electrons. The van der Waals surface area contributed by atoms with E-state index in [2.05, 4.69) is 28.3 Å². The first-order valence-corrected chi connectivity index (χ1v) is 8.56. The molecule has 22 heavy (non-hydrogen) atoms. The summed E-state index contributed by atoms with van der Waals surface area (Å²) in [6.45, 7) is 6.19. The van der Waals surface area contributed by atoms with E-state index < -0.39 is 0 Å². The topological polar surface area (TPSA) is 42.1 Å². The van der Waals surface area contributed by atoms with Gasteiger partial charge in [0.05, 0.1) is 5.01 Å². The number of allylic oxidation sites excluding steroid dienone is 3. The Morgan fingerprint density at radius 2 is 2.05 bits per heavy atom. The summed E-state index contributed by atoms with van der Waals surface area (Å²) in [7, 11) is 0. The number of aromatic nitrogens is 1. The fraction of sp³-hybridized carbons (Fsp3) is 0.389. The maximum atomic E-state index is 5.67. The quantitative estimate of drug-likeness (QED) is 0.687. The van der Waals surface area contributed by atoms with Crippen LogP contribution in [0.25, 0.3) is 0 Å². The van der Waals surface area contributed by atoms with Crippen molar-refractivity contribution in [1.82, 2.24) is 9.88 Å². The third kappa shape index (κ3) is 3.10. The smallest absolute Gasteiger partial charge is 0.124 e. The van der Waals surface area contributed by atoms with Crippen molar-refractivity contribution in [2.45, 2.75) is 44.7 Å². The second kappa shape index (κ2) is 6.41. The largest absolute Gasteiger partial charge is 0.404 e. The highest BCUT2D eigenvalue weighted by Gasteiger charge is 2.38. The van der Waals surface area contributed by atoms with Gasteiger partial charge in [-0.3, -0.25) is 0 Å². The van der Waals surface area contributed by atoms with Crippen molar-refractivity contribution < 1.29 is 0 Å². The Kier molecular flexibility index (Phi) is 4.35. The third-order valence-corrected chi connectivity index (χ3v) is 5.15. The van der Waals surface area contributed by atoms with Crippen molar-refractivity contribution in [2.75, 3.05) is 0 Å². The maximum absolute atomic E-state index is 5.67. The lowest BCUT2D eigenvalue weighted by atomic mass is 10.0. The molecule has 0 spiro atoms. The minimum Gasteiger partial charge on any atom is -0.404 e. The molecular formula is C18H21N3S. The molecule has 4 heteroatoms. The highest BCUT2D eigenvalue weighted by atomic mass is 32.1. The molecule has 3 heterocycles. The number of hydrogen-bond donors (Lipinski definition) is 1. The third-order valence-electron chi connectivity index (χ3n) is 4.37. The van der Waals surface area contributed by atoms with Crippen LogP contribution in [0.3, 0.4) is 0 Å². The molecule has 2 aliphatic rings. The van der Waals surface area contributed by atoms with Gasteiger partial charge in [-0.25, -0.2) is 4.98 Å². The molecular weight excluding hydrogens is 290 g/mol. The Bertz CT molecular complexity index is 667. The molecule has 1 aromatic heterocycles. The average Bonchev–Trinajstić information content (AvgIpc) is 3.22. The fourth-order valence-electron chi connectivity index (χ4n) is 3.35. The van der Waals surface area contributed by atoms with Crippen molar-refractivity contribution in [3.05, 3.63) is 52.3 Å². The van der Waals surface area contributed by atoms with Crippen molar-refractivity contribution in [3.8, 4) is 11.8 Å². The summed E-state index contributed by atoms with van der Waals surface area (Å²) < 4.78 is 0. The van der Waals surface area contributed by atoms with Gasteiger partial charge in [-0.1, -0.05) is 12.5 Å². The van der Waals surface area contributed by atoms with E-state index >= 15 is 0 Å². The van der Waals surface area contributed by atoms with Crippen LogP contribution < -0.4 is 5.73 Å². The first kappa shape index (κ1) is 14.9. The summed E-state index contributed by atoms with van der Waals surface area (Å²) in [4.78, 5) is 6.80. The number of thiazole rings is 1. The normalized spacial score (nSPS) is 23.9. The van der Waals surface area contributed by atoms with Crippen molar-refractivity contribution in [2.24, 2.45) is 5.73 Å². The summed E-state index contributed by atoms with van der Waals surface area (Å²) in [5.74, 6) is 6.11. The van der Waals surface area contributed by atoms with Crippen LogP contribution in [0.1, 0.15) is 36.4 Å². The molecule has 1 aromatic rings. The minimum absolute atomic E-state index is 0.691. The number of rotatable bonds is 3. The van der Waals surface area contributed by atoms with Gasteiger partial charge < -0.3 is 10.6 Å². The first-order valence-electron chi connectivity index (χ1n) is 7.68. The maximum Gasteiger partial charge on any atom is 0.124 e. The number of nitrogens with two attached hydrogens (primary N) is 1. The van der Waals surface area contributed by atoms with Crippen LogP contribution in [0.5, 0.6) is 0 Å². The lowest BCUT2D eigenvalue weighted by molar-refractivity contribution is 0.335. The van der Waals surface area contributed by atoms with Gasteiger partial charge >= 0.3 is 0 Å². The second-order valence-electron chi connectivity index (χ2n) is 5.82. The van der Waals surface area contributed by atoms with Crippen LogP contribution in [-0.4, -0.2) is 22.0 Å². The van der Waals surface area contributed by atoms with E-state index in [4.69, 9.17) is 5.73 Å². The van der Waals surface area contributed by atoms with Gasteiger partial charge in [-0.05, 0) is 50.7 Å². The molecule has 3 rings (SSSR count). The number of aryl methyl sites for hydroxylation is 1. The number of nitrogens with zero attached hydrogens (tertiary/aromatic N) is 2. The van der Waals surface area contributed by atoms with Crippen molar-refractivity contribution >= 4 is 11.3 Å². The van der Waals surface area contributed by atoms with Crippen LogP contribution >= 0.6 is 11.3 Å². The molecule has 0 atom stereocenters. The molecule has 0 unspecified atom stereocenters. The average molecular weight is 311 g/mol. The zero-order valence-corrected chi connectivity index (χ0v) is 13.7. The summed E-state index contributed by atoms with van der Waals surface area (Å²) in [5, 5.41) is 2.98. The predicted molar refractivity (Wildman–Crippen MR) is 92.2 cm³/mol. The van der Waals surface area contributed by atoms with Crippen LogP contribution in [-0.2, 0) is 0 Å². The summed E-state index contributed by atoms with van der Waals surface area (Å²) in [6.07, 6.45) is 10.7. The minimum atomic E-state index is 0.691. The summed E-state index contributed by atoms with van der Waals surface area (Å²) in [6, 6.07) is 1.38. The lowest BCUT2D eigenvalue weighted by Crippen LogP contribution is -2.26. The summed E-state index contributed by atoms with van der Waals surface area (Å²) in [5.41, 5.74) is 8.34. The highest BCUT2D eigenvalue weighted by Crippen LogP contribution is 2.39. The predicted octanol–water partition coefficient (Wildman–Crippen LogP) is 3.34. The van der Waals surface area contributed by atoms with Gasteiger partial charge in [0.25, 0.3) is 0 Å². The van der Waals surface area contributed by atoms with Gasteiger partial charge in [0, 0.05) is 34.9 Å². The van der Waals surface area contributed by atoms with Gasteiger partial charge in [0.2, 0.25) is 0 Å². The standard InChI is InChI=1S/C18H21N3S/c1-13(21-17-7-8-18(21)10-9-17)3-4-15(11-19)5-6-16-12-22-14(2)20-16/h3-4,11-12,17-18H,1,7-10,19H2,2H3/b4-3-,15-11+.